The van der Waals surface area contributed by atoms with Crippen LogP contribution in [0.5, 0.6) is 0 Å². The topological polar surface area (TPSA) is 47.3 Å². The zero-order valence-electron chi connectivity index (χ0n) is 14.1. The van der Waals surface area contributed by atoms with Crippen LogP contribution in [0.15, 0.2) is 24.3 Å². The van der Waals surface area contributed by atoms with Crippen LogP contribution in [0, 0.1) is 17.2 Å². The van der Waals surface area contributed by atoms with Crippen molar-refractivity contribution in [1.29, 1.82) is 5.26 Å². The van der Waals surface area contributed by atoms with E-state index in [1.165, 1.54) is 19.3 Å². The van der Waals surface area contributed by atoms with Crippen LogP contribution < -0.4 is 0 Å². The molecule has 1 aromatic carbocycles. The largest absolute Gasteiger partial charge is 0.339 e. The van der Waals surface area contributed by atoms with Crippen molar-refractivity contribution in [3.05, 3.63) is 35.4 Å². The number of hydrogen-bond acceptors (Lipinski definition) is 3. The first-order valence-corrected chi connectivity index (χ1v) is 8.51. The standard InChI is InChI=1S/C19H25N3O/c1-21(2)19(13-15-3-4-15)9-11-22(12-10-19)18(23)17-7-5-16(14-20)6-8-17/h5-8,15H,3-4,9-13H2,1-2H3. The van der Waals surface area contributed by atoms with Gasteiger partial charge in [-0.15, -0.1) is 0 Å². The number of nitrogens with zero attached hydrogens (tertiary/aromatic N) is 3. The smallest absolute Gasteiger partial charge is 0.253 e. The molecule has 1 saturated heterocycles. The Bertz CT molecular complexity index is 602. The van der Waals surface area contributed by atoms with E-state index >= 15 is 0 Å². The van der Waals surface area contributed by atoms with Gasteiger partial charge in [0, 0.05) is 24.2 Å². The number of rotatable bonds is 4. The summed E-state index contributed by atoms with van der Waals surface area (Å²) in [6.07, 6.45) is 6.14. The van der Waals surface area contributed by atoms with Crippen molar-refractivity contribution in [3.8, 4) is 6.07 Å². The van der Waals surface area contributed by atoms with Crippen LogP contribution in [0.25, 0.3) is 0 Å². The third-order valence-corrected chi connectivity index (χ3v) is 5.56. The van der Waals surface area contributed by atoms with Gasteiger partial charge in [0.15, 0.2) is 0 Å². The van der Waals surface area contributed by atoms with Crippen LogP contribution in [0.1, 0.15) is 48.0 Å². The van der Waals surface area contributed by atoms with E-state index in [1.807, 2.05) is 4.90 Å². The van der Waals surface area contributed by atoms with E-state index in [0.717, 1.165) is 31.8 Å². The lowest BCUT2D eigenvalue weighted by Crippen LogP contribution is -2.54. The molecule has 0 bridgehead atoms. The Hall–Kier alpha value is -1.86. The molecule has 2 fully saturated rings. The van der Waals surface area contributed by atoms with Gasteiger partial charge in [-0.3, -0.25) is 4.79 Å². The fourth-order valence-corrected chi connectivity index (χ4v) is 3.69. The fraction of sp³-hybridized carbons (Fsp3) is 0.579. The summed E-state index contributed by atoms with van der Waals surface area (Å²) in [6.45, 7) is 1.65. The lowest BCUT2D eigenvalue weighted by Gasteiger charge is -2.46. The number of carbonyl (C=O) groups excluding carboxylic acids is 1. The van der Waals surface area contributed by atoms with Crippen LogP contribution in [0.3, 0.4) is 0 Å². The molecule has 1 saturated carbocycles. The van der Waals surface area contributed by atoms with Gasteiger partial charge in [-0.25, -0.2) is 0 Å². The number of amides is 1. The molecule has 4 heteroatoms. The van der Waals surface area contributed by atoms with Crippen LogP contribution in [-0.4, -0.2) is 48.4 Å². The first kappa shape index (κ1) is 16.0. The van der Waals surface area contributed by atoms with Crippen molar-refractivity contribution in [2.45, 2.75) is 37.6 Å². The van der Waals surface area contributed by atoms with E-state index < -0.39 is 0 Å². The number of hydrogen-bond donors (Lipinski definition) is 0. The van der Waals surface area contributed by atoms with Crippen molar-refractivity contribution in [2.75, 3.05) is 27.2 Å². The second-order valence-corrected chi connectivity index (χ2v) is 7.25. The first-order chi connectivity index (χ1) is 11.0. The molecule has 1 aliphatic heterocycles. The van der Waals surface area contributed by atoms with Gasteiger partial charge in [-0.2, -0.15) is 5.26 Å². The maximum absolute atomic E-state index is 12.6. The quantitative estimate of drug-likeness (QED) is 0.859. The molecule has 1 heterocycles. The van der Waals surface area contributed by atoms with Gasteiger partial charge in [-0.05, 0) is 63.5 Å². The Morgan fingerprint density at radius 1 is 1.26 bits per heavy atom. The summed E-state index contributed by atoms with van der Waals surface area (Å²) >= 11 is 0. The molecule has 4 nitrogen and oxygen atoms in total. The van der Waals surface area contributed by atoms with E-state index in [4.69, 9.17) is 5.26 Å². The maximum atomic E-state index is 12.6. The fourth-order valence-electron chi connectivity index (χ4n) is 3.69. The predicted octanol–water partition coefficient (Wildman–Crippen LogP) is 2.89. The third-order valence-electron chi connectivity index (χ3n) is 5.56. The minimum absolute atomic E-state index is 0.0910. The molecular formula is C19H25N3O. The molecule has 1 aliphatic carbocycles. The molecule has 23 heavy (non-hydrogen) atoms. The average molecular weight is 311 g/mol. The van der Waals surface area contributed by atoms with Gasteiger partial charge in [0.2, 0.25) is 0 Å². The van der Waals surface area contributed by atoms with Gasteiger partial charge >= 0.3 is 0 Å². The van der Waals surface area contributed by atoms with E-state index in [-0.39, 0.29) is 11.4 Å². The SMILES string of the molecule is CN(C)C1(CC2CC2)CCN(C(=O)c2ccc(C#N)cc2)CC1. The third kappa shape index (κ3) is 3.40. The Morgan fingerprint density at radius 2 is 1.87 bits per heavy atom. The summed E-state index contributed by atoms with van der Waals surface area (Å²) < 4.78 is 0. The summed E-state index contributed by atoms with van der Waals surface area (Å²) in [5, 5.41) is 8.85. The molecule has 0 spiro atoms. The Kier molecular flexibility index (Phi) is 4.41. The Labute approximate surface area is 138 Å². The van der Waals surface area contributed by atoms with E-state index in [1.54, 1.807) is 24.3 Å². The molecule has 2 aliphatic rings. The van der Waals surface area contributed by atoms with Gasteiger partial charge < -0.3 is 9.80 Å². The van der Waals surface area contributed by atoms with E-state index in [2.05, 4.69) is 25.1 Å². The van der Waals surface area contributed by atoms with Crippen LogP contribution in [0.2, 0.25) is 0 Å². The van der Waals surface area contributed by atoms with Crippen LogP contribution >= 0.6 is 0 Å². The summed E-state index contributed by atoms with van der Waals surface area (Å²) in [6, 6.07) is 9.05. The summed E-state index contributed by atoms with van der Waals surface area (Å²) in [7, 11) is 4.36. The lowest BCUT2D eigenvalue weighted by molar-refractivity contribution is 0.0363. The number of likely N-dealkylation sites (tertiary alicyclic amines) is 1. The highest BCUT2D eigenvalue weighted by molar-refractivity contribution is 5.94. The number of carbonyl (C=O) groups is 1. The second kappa shape index (κ2) is 6.33. The van der Waals surface area contributed by atoms with Crippen molar-refractivity contribution in [1.82, 2.24) is 9.80 Å². The maximum Gasteiger partial charge on any atom is 0.253 e. The molecule has 0 atom stereocenters. The molecule has 1 amide bonds. The lowest BCUT2D eigenvalue weighted by atomic mass is 9.81. The Balaban J connectivity index is 1.65. The average Bonchev–Trinajstić information content (AvgIpc) is 3.38. The minimum atomic E-state index is 0.0910. The molecule has 0 radical (unpaired) electrons. The van der Waals surface area contributed by atoms with Gasteiger partial charge in [0.1, 0.15) is 0 Å². The van der Waals surface area contributed by atoms with Gasteiger partial charge in [0.05, 0.1) is 11.6 Å². The van der Waals surface area contributed by atoms with E-state index in [0.29, 0.717) is 11.1 Å². The monoisotopic (exact) mass is 311 g/mol. The summed E-state index contributed by atoms with van der Waals surface area (Å²) in [5.74, 6) is 0.992. The zero-order chi connectivity index (χ0) is 16.4. The van der Waals surface area contributed by atoms with Crippen molar-refractivity contribution >= 4 is 5.91 Å². The van der Waals surface area contributed by atoms with Gasteiger partial charge in [-0.1, -0.05) is 12.8 Å². The Morgan fingerprint density at radius 3 is 2.35 bits per heavy atom. The zero-order valence-corrected chi connectivity index (χ0v) is 14.1. The van der Waals surface area contributed by atoms with Crippen LogP contribution in [-0.2, 0) is 0 Å². The molecule has 0 unspecified atom stereocenters. The van der Waals surface area contributed by atoms with Crippen molar-refractivity contribution < 1.29 is 4.79 Å². The highest BCUT2D eigenvalue weighted by atomic mass is 16.2. The predicted molar refractivity (Wildman–Crippen MR) is 90.1 cm³/mol. The molecule has 3 rings (SSSR count). The number of piperidine rings is 1. The molecule has 1 aromatic rings. The second-order valence-electron chi connectivity index (χ2n) is 7.25. The highest BCUT2D eigenvalue weighted by Gasteiger charge is 2.41. The first-order valence-electron chi connectivity index (χ1n) is 8.51. The van der Waals surface area contributed by atoms with E-state index in [9.17, 15) is 4.79 Å². The van der Waals surface area contributed by atoms with Crippen molar-refractivity contribution in [2.24, 2.45) is 5.92 Å². The molecule has 0 aromatic heterocycles. The van der Waals surface area contributed by atoms with Gasteiger partial charge in [0.25, 0.3) is 5.91 Å². The molecule has 122 valence electrons. The number of benzene rings is 1. The van der Waals surface area contributed by atoms with Crippen LogP contribution in [0.4, 0.5) is 0 Å². The minimum Gasteiger partial charge on any atom is -0.339 e. The molecule has 0 N–H and O–H groups in total. The summed E-state index contributed by atoms with van der Waals surface area (Å²) in [4.78, 5) is 17.0. The van der Waals surface area contributed by atoms with Crippen molar-refractivity contribution in [3.63, 3.8) is 0 Å². The highest BCUT2D eigenvalue weighted by Crippen LogP contribution is 2.42. The normalized spacial score (nSPS) is 20.3. The summed E-state index contributed by atoms with van der Waals surface area (Å²) in [5.41, 5.74) is 1.54. The number of nitriles is 1. The molecular weight excluding hydrogens is 286 g/mol.